The SMILES string of the molecule is COCCCC(N)C(=O)N1CC(C)C(C)C1. The topological polar surface area (TPSA) is 55.6 Å². The van der Waals surface area contributed by atoms with Crippen LogP contribution in [0.25, 0.3) is 0 Å². The van der Waals surface area contributed by atoms with E-state index < -0.39 is 0 Å². The van der Waals surface area contributed by atoms with Crippen LogP contribution in [0.3, 0.4) is 0 Å². The molecule has 3 atom stereocenters. The Morgan fingerprint density at radius 1 is 1.44 bits per heavy atom. The molecule has 1 saturated heterocycles. The highest BCUT2D eigenvalue weighted by molar-refractivity contribution is 5.81. The molecule has 0 aromatic heterocycles. The number of ether oxygens (including phenoxy) is 1. The van der Waals surface area contributed by atoms with Crippen LogP contribution in [-0.4, -0.2) is 43.7 Å². The van der Waals surface area contributed by atoms with Crippen LogP contribution < -0.4 is 5.73 Å². The zero-order chi connectivity index (χ0) is 12.1. The van der Waals surface area contributed by atoms with E-state index in [9.17, 15) is 4.79 Å². The number of amides is 1. The van der Waals surface area contributed by atoms with E-state index in [0.717, 1.165) is 19.5 Å². The molecule has 1 amide bonds. The van der Waals surface area contributed by atoms with Crippen molar-refractivity contribution < 1.29 is 9.53 Å². The maximum atomic E-state index is 12.0. The van der Waals surface area contributed by atoms with Gasteiger partial charge in [0.1, 0.15) is 0 Å². The quantitative estimate of drug-likeness (QED) is 0.710. The molecule has 0 radical (unpaired) electrons. The molecule has 0 saturated carbocycles. The van der Waals surface area contributed by atoms with Gasteiger partial charge in [0, 0.05) is 26.8 Å². The molecule has 3 unspecified atom stereocenters. The predicted octanol–water partition coefficient (Wildman–Crippen LogP) is 0.855. The van der Waals surface area contributed by atoms with E-state index in [0.29, 0.717) is 24.9 Å². The van der Waals surface area contributed by atoms with Crippen molar-refractivity contribution in [2.45, 2.75) is 32.7 Å². The van der Waals surface area contributed by atoms with Crippen molar-refractivity contribution in [3.05, 3.63) is 0 Å². The molecule has 0 bridgehead atoms. The van der Waals surface area contributed by atoms with Gasteiger partial charge in [0.05, 0.1) is 6.04 Å². The number of methoxy groups -OCH3 is 1. The van der Waals surface area contributed by atoms with Crippen LogP contribution in [0.5, 0.6) is 0 Å². The Kier molecular flexibility index (Phi) is 5.22. The zero-order valence-corrected chi connectivity index (χ0v) is 10.6. The molecule has 1 rings (SSSR count). The Bertz CT molecular complexity index is 223. The highest BCUT2D eigenvalue weighted by Crippen LogP contribution is 2.22. The Morgan fingerprint density at radius 3 is 2.50 bits per heavy atom. The van der Waals surface area contributed by atoms with E-state index >= 15 is 0 Å². The van der Waals surface area contributed by atoms with Crippen LogP contribution in [0.1, 0.15) is 26.7 Å². The van der Waals surface area contributed by atoms with E-state index in [4.69, 9.17) is 10.5 Å². The fourth-order valence-electron chi connectivity index (χ4n) is 2.12. The van der Waals surface area contributed by atoms with E-state index in [1.54, 1.807) is 7.11 Å². The maximum absolute atomic E-state index is 12.0. The highest BCUT2D eigenvalue weighted by Gasteiger charge is 2.31. The van der Waals surface area contributed by atoms with Crippen molar-refractivity contribution in [3.8, 4) is 0 Å². The number of hydrogen-bond donors (Lipinski definition) is 1. The van der Waals surface area contributed by atoms with Crippen molar-refractivity contribution in [2.75, 3.05) is 26.8 Å². The van der Waals surface area contributed by atoms with Gasteiger partial charge in [-0.05, 0) is 24.7 Å². The second-order valence-corrected chi connectivity index (χ2v) is 4.94. The number of carbonyl (C=O) groups excluding carboxylic acids is 1. The third-order valence-corrected chi connectivity index (χ3v) is 3.48. The van der Waals surface area contributed by atoms with Gasteiger partial charge in [-0.3, -0.25) is 4.79 Å². The summed E-state index contributed by atoms with van der Waals surface area (Å²) in [5.74, 6) is 1.29. The molecule has 94 valence electrons. The summed E-state index contributed by atoms with van der Waals surface area (Å²) in [6.45, 7) is 6.77. The first-order valence-electron chi connectivity index (χ1n) is 6.09. The third-order valence-electron chi connectivity index (χ3n) is 3.48. The summed E-state index contributed by atoms with van der Waals surface area (Å²) in [5, 5.41) is 0. The van der Waals surface area contributed by atoms with E-state index in [1.807, 2.05) is 4.90 Å². The van der Waals surface area contributed by atoms with Crippen LogP contribution in [-0.2, 0) is 9.53 Å². The predicted molar refractivity (Wildman–Crippen MR) is 64.0 cm³/mol. The lowest BCUT2D eigenvalue weighted by molar-refractivity contribution is -0.132. The van der Waals surface area contributed by atoms with E-state index in [2.05, 4.69) is 13.8 Å². The number of likely N-dealkylation sites (tertiary alicyclic amines) is 1. The minimum atomic E-state index is -0.354. The second kappa shape index (κ2) is 6.21. The molecule has 0 aromatic rings. The first-order valence-corrected chi connectivity index (χ1v) is 6.09. The van der Waals surface area contributed by atoms with Crippen molar-refractivity contribution in [2.24, 2.45) is 17.6 Å². The van der Waals surface area contributed by atoms with Crippen LogP contribution >= 0.6 is 0 Å². The minimum Gasteiger partial charge on any atom is -0.385 e. The van der Waals surface area contributed by atoms with Gasteiger partial charge >= 0.3 is 0 Å². The van der Waals surface area contributed by atoms with Crippen molar-refractivity contribution in [1.82, 2.24) is 4.90 Å². The van der Waals surface area contributed by atoms with Gasteiger partial charge in [-0.1, -0.05) is 13.8 Å². The lowest BCUT2D eigenvalue weighted by Gasteiger charge is -2.20. The van der Waals surface area contributed by atoms with Gasteiger partial charge in [-0.2, -0.15) is 0 Å². The lowest BCUT2D eigenvalue weighted by atomic mass is 10.0. The molecule has 1 aliphatic heterocycles. The summed E-state index contributed by atoms with van der Waals surface area (Å²) < 4.78 is 4.95. The molecule has 16 heavy (non-hydrogen) atoms. The first-order chi connectivity index (χ1) is 7.56. The summed E-state index contributed by atoms with van der Waals surface area (Å²) in [6, 6.07) is -0.354. The fourth-order valence-corrected chi connectivity index (χ4v) is 2.12. The van der Waals surface area contributed by atoms with Crippen LogP contribution in [0.2, 0.25) is 0 Å². The second-order valence-electron chi connectivity index (χ2n) is 4.94. The monoisotopic (exact) mass is 228 g/mol. The molecule has 1 aliphatic rings. The van der Waals surface area contributed by atoms with Crippen LogP contribution in [0.4, 0.5) is 0 Å². The van der Waals surface area contributed by atoms with Crippen LogP contribution in [0, 0.1) is 11.8 Å². The Labute approximate surface area is 98.1 Å². The Balaban J connectivity index is 2.33. The summed E-state index contributed by atoms with van der Waals surface area (Å²) >= 11 is 0. The van der Waals surface area contributed by atoms with Crippen molar-refractivity contribution in [1.29, 1.82) is 0 Å². The van der Waals surface area contributed by atoms with Gasteiger partial charge in [0.15, 0.2) is 0 Å². The zero-order valence-electron chi connectivity index (χ0n) is 10.6. The number of rotatable bonds is 5. The summed E-state index contributed by atoms with van der Waals surface area (Å²) in [4.78, 5) is 13.9. The van der Waals surface area contributed by atoms with Gasteiger partial charge in [0.25, 0.3) is 0 Å². The van der Waals surface area contributed by atoms with Gasteiger partial charge in [-0.25, -0.2) is 0 Å². The molecular formula is C12H24N2O2. The van der Waals surface area contributed by atoms with Crippen LogP contribution in [0.15, 0.2) is 0 Å². The normalized spacial score (nSPS) is 27.1. The molecule has 2 N–H and O–H groups in total. The van der Waals surface area contributed by atoms with Crippen molar-refractivity contribution in [3.63, 3.8) is 0 Å². The molecule has 4 heteroatoms. The van der Waals surface area contributed by atoms with Crippen molar-refractivity contribution >= 4 is 5.91 Å². The summed E-state index contributed by atoms with van der Waals surface area (Å²) in [7, 11) is 1.66. The van der Waals surface area contributed by atoms with Gasteiger partial charge in [0.2, 0.25) is 5.91 Å². The smallest absolute Gasteiger partial charge is 0.239 e. The average molecular weight is 228 g/mol. The minimum absolute atomic E-state index is 0.104. The molecule has 1 fully saturated rings. The Hall–Kier alpha value is -0.610. The van der Waals surface area contributed by atoms with E-state index in [1.165, 1.54) is 0 Å². The number of nitrogens with two attached hydrogens (primary N) is 1. The third kappa shape index (κ3) is 3.46. The highest BCUT2D eigenvalue weighted by atomic mass is 16.5. The molecule has 0 aromatic carbocycles. The average Bonchev–Trinajstić information content (AvgIpc) is 2.58. The fraction of sp³-hybridized carbons (Fsp3) is 0.917. The van der Waals surface area contributed by atoms with E-state index in [-0.39, 0.29) is 11.9 Å². The number of carbonyl (C=O) groups is 1. The number of nitrogens with zero attached hydrogens (tertiary/aromatic N) is 1. The first kappa shape index (κ1) is 13.5. The summed E-state index contributed by atoms with van der Waals surface area (Å²) in [5.41, 5.74) is 5.88. The molecule has 4 nitrogen and oxygen atoms in total. The number of hydrogen-bond acceptors (Lipinski definition) is 3. The lowest BCUT2D eigenvalue weighted by Crippen LogP contribution is -2.42. The standard InChI is InChI=1S/C12H24N2O2/c1-9-7-14(8-10(9)2)12(15)11(13)5-4-6-16-3/h9-11H,4-8,13H2,1-3H3. The van der Waals surface area contributed by atoms with Gasteiger partial charge in [-0.15, -0.1) is 0 Å². The molecule has 0 spiro atoms. The molecule has 0 aliphatic carbocycles. The molecule has 1 heterocycles. The summed E-state index contributed by atoms with van der Waals surface area (Å²) in [6.07, 6.45) is 1.56. The molecular weight excluding hydrogens is 204 g/mol. The largest absolute Gasteiger partial charge is 0.385 e. The maximum Gasteiger partial charge on any atom is 0.239 e. The Morgan fingerprint density at radius 2 is 2.00 bits per heavy atom. The van der Waals surface area contributed by atoms with Gasteiger partial charge < -0.3 is 15.4 Å².